The number of piperidine rings is 1. The Morgan fingerprint density at radius 1 is 0.873 bits per heavy atom. The first-order chi connectivity index (χ1) is 34.1. The lowest BCUT2D eigenvalue weighted by molar-refractivity contribution is -0.136. The van der Waals surface area contributed by atoms with Crippen LogP contribution in [0.5, 0.6) is 0 Å². The molecule has 1 unspecified atom stereocenters. The van der Waals surface area contributed by atoms with Crippen LogP contribution in [0.1, 0.15) is 70.5 Å². The first-order valence-electron chi connectivity index (χ1n) is 21.6. The third-order valence-corrected chi connectivity index (χ3v) is 10.3. The second kappa shape index (κ2) is 23.3. The second-order valence-corrected chi connectivity index (χ2v) is 15.3. The molecule has 0 aliphatic carbocycles. The highest BCUT2D eigenvalue weighted by Crippen LogP contribution is 2.29. The first-order valence-corrected chi connectivity index (χ1v) is 21.6. The number of halogens is 3. The molecule has 2 aliphatic heterocycles. The Morgan fingerprint density at radius 2 is 1.58 bits per heavy atom. The molecule has 5 heterocycles. The van der Waals surface area contributed by atoms with Crippen molar-refractivity contribution in [2.24, 2.45) is 5.73 Å². The zero-order valence-electron chi connectivity index (χ0n) is 37.3. The highest BCUT2D eigenvalue weighted by atomic mass is 19.4. The number of amides is 7. The number of hydrogen-bond donors (Lipinski definition) is 5. The number of rotatable bonds is 22. The predicted octanol–water partition coefficient (Wildman–Crippen LogP) is 2.50. The fourth-order valence-electron chi connectivity index (χ4n) is 6.90. The van der Waals surface area contributed by atoms with E-state index in [1.54, 1.807) is 18.2 Å². The van der Waals surface area contributed by atoms with Crippen LogP contribution < -0.4 is 27.0 Å². The van der Waals surface area contributed by atoms with Gasteiger partial charge in [-0.2, -0.15) is 18.3 Å². The number of nitrogens with two attached hydrogens (primary N) is 1. The monoisotopic (exact) mass is 984 g/mol. The standard InChI is InChI=1S/C46H43F3N10O12/c47-46(48,49)26-53-36-23-29(11-12-51-36)43-55-34(25-71-43)41(63)54-33-24-58(57-38(33)39(50)61)30-6-4-28(5-7-30)40(62)52-13-15-68-17-19-70-21-20-69-18-16-67-14-1-2-27-3-8-31-32(22-27)45(66)59(44(31)65)35-9-10-37(60)56-42(35)64/h3-8,11-12,22-25,35H,9-10,13-21,26H2,(H2,50,61)(H,51,53)(H,52,62)(H,54,63)(H,56,60,64). The van der Waals surface area contributed by atoms with Gasteiger partial charge in [0.1, 0.15) is 31.3 Å². The van der Waals surface area contributed by atoms with Gasteiger partial charge in [-0.3, -0.25) is 43.8 Å². The van der Waals surface area contributed by atoms with Gasteiger partial charge in [0.2, 0.25) is 17.7 Å². The topological polar surface area (TPSA) is 291 Å². The van der Waals surface area contributed by atoms with E-state index in [1.807, 2.05) is 0 Å². The van der Waals surface area contributed by atoms with Crippen molar-refractivity contribution in [1.82, 2.24) is 35.3 Å². The molecule has 0 saturated carbocycles. The number of benzene rings is 2. The molecule has 1 atom stereocenters. The minimum absolute atomic E-state index is 0.0335. The molecule has 6 N–H and O–H groups in total. The largest absolute Gasteiger partial charge is 0.444 e. The van der Waals surface area contributed by atoms with Gasteiger partial charge in [-0.15, -0.1) is 0 Å². The van der Waals surface area contributed by atoms with Crippen molar-refractivity contribution in [3.05, 3.63) is 107 Å². The van der Waals surface area contributed by atoms with Crippen LogP contribution >= 0.6 is 0 Å². The van der Waals surface area contributed by atoms with E-state index in [0.717, 1.165) is 11.2 Å². The Morgan fingerprint density at radius 3 is 2.28 bits per heavy atom. The molecule has 0 radical (unpaired) electrons. The van der Waals surface area contributed by atoms with E-state index >= 15 is 0 Å². The van der Waals surface area contributed by atoms with Gasteiger partial charge in [0.15, 0.2) is 11.4 Å². The van der Waals surface area contributed by atoms with Gasteiger partial charge in [0.05, 0.1) is 74.9 Å². The Labute approximate surface area is 400 Å². The van der Waals surface area contributed by atoms with Gasteiger partial charge < -0.3 is 45.0 Å². The van der Waals surface area contributed by atoms with Crippen LogP contribution in [0.3, 0.4) is 0 Å². The number of alkyl halides is 3. The van der Waals surface area contributed by atoms with E-state index in [4.69, 9.17) is 29.1 Å². The number of pyridine rings is 1. The first kappa shape index (κ1) is 50.6. The fourth-order valence-corrected chi connectivity index (χ4v) is 6.90. The molecule has 22 nitrogen and oxygen atoms in total. The fraction of sp³-hybridized carbons (Fsp3) is 0.304. The Bertz CT molecular complexity index is 2870. The number of oxazole rings is 1. The summed E-state index contributed by atoms with van der Waals surface area (Å²) in [7, 11) is 0. The number of nitrogens with one attached hydrogen (secondary N) is 4. The van der Waals surface area contributed by atoms with E-state index in [1.165, 1.54) is 53.5 Å². The quantitative estimate of drug-likeness (QED) is 0.0378. The van der Waals surface area contributed by atoms with Crippen LogP contribution in [0.2, 0.25) is 0 Å². The van der Waals surface area contributed by atoms with E-state index < -0.39 is 54.2 Å². The van der Waals surface area contributed by atoms with Crippen LogP contribution in [0.25, 0.3) is 17.1 Å². The Balaban J connectivity index is 0.738. The number of carbonyl (C=O) groups excluding carboxylic acids is 7. The maximum Gasteiger partial charge on any atom is 0.405 e. The number of imide groups is 2. The van der Waals surface area contributed by atoms with Crippen LogP contribution in [0.15, 0.2) is 77.7 Å². The van der Waals surface area contributed by atoms with Crippen LogP contribution in [-0.4, -0.2) is 144 Å². The predicted molar refractivity (Wildman–Crippen MR) is 240 cm³/mol. The van der Waals surface area contributed by atoms with Crippen molar-refractivity contribution in [3.63, 3.8) is 0 Å². The molecule has 2 aromatic carbocycles. The summed E-state index contributed by atoms with van der Waals surface area (Å²) in [5.74, 6) is 1.11. The Hall–Kier alpha value is -8.31. The number of hydrogen-bond acceptors (Lipinski definition) is 16. The minimum Gasteiger partial charge on any atom is -0.444 e. The summed E-state index contributed by atoms with van der Waals surface area (Å²) < 4.78 is 66.4. The van der Waals surface area contributed by atoms with Gasteiger partial charge in [-0.05, 0) is 61.0 Å². The van der Waals surface area contributed by atoms with Crippen LogP contribution in [0, 0.1) is 11.8 Å². The molecular weight excluding hydrogens is 942 g/mol. The van der Waals surface area contributed by atoms with Crippen molar-refractivity contribution in [1.29, 1.82) is 0 Å². The zero-order valence-corrected chi connectivity index (χ0v) is 37.3. The minimum atomic E-state index is -4.47. The van der Waals surface area contributed by atoms with Crippen molar-refractivity contribution in [2.75, 3.05) is 76.6 Å². The molecular formula is C46H43F3N10O12. The maximum atomic E-state index is 13.1. The molecule has 3 aromatic heterocycles. The summed E-state index contributed by atoms with van der Waals surface area (Å²) in [4.78, 5) is 96.4. The molecule has 370 valence electrons. The van der Waals surface area contributed by atoms with E-state index in [2.05, 4.69) is 48.2 Å². The van der Waals surface area contributed by atoms with E-state index in [9.17, 15) is 46.7 Å². The van der Waals surface area contributed by atoms with E-state index in [0.29, 0.717) is 43.2 Å². The molecule has 0 bridgehead atoms. The van der Waals surface area contributed by atoms with Crippen molar-refractivity contribution in [2.45, 2.75) is 25.1 Å². The summed E-state index contributed by atoms with van der Waals surface area (Å²) in [6.07, 6.45) is -0.762. The summed E-state index contributed by atoms with van der Waals surface area (Å²) >= 11 is 0. The average Bonchev–Trinajstić information content (AvgIpc) is 4.08. The summed E-state index contributed by atoms with van der Waals surface area (Å²) in [5, 5.41) is 13.7. The van der Waals surface area contributed by atoms with Gasteiger partial charge in [-0.1, -0.05) is 11.8 Å². The molecule has 71 heavy (non-hydrogen) atoms. The molecule has 7 amide bonds. The third kappa shape index (κ3) is 13.5. The average molecular weight is 985 g/mol. The smallest absolute Gasteiger partial charge is 0.405 e. The summed E-state index contributed by atoms with van der Waals surface area (Å²) in [6, 6.07) is 12.4. The number of nitrogens with zero attached hydrogens (tertiary/aromatic N) is 5. The lowest BCUT2D eigenvalue weighted by atomic mass is 10.0. The van der Waals surface area contributed by atoms with Gasteiger partial charge in [-0.25, -0.2) is 14.6 Å². The lowest BCUT2D eigenvalue weighted by Gasteiger charge is -2.27. The summed E-state index contributed by atoms with van der Waals surface area (Å²) in [6.45, 7) is 0.983. The molecule has 25 heteroatoms. The van der Waals surface area contributed by atoms with Crippen molar-refractivity contribution < 1.29 is 70.1 Å². The lowest BCUT2D eigenvalue weighted by Crippen LogP contribution is -2.54. The highest BCUT2D eigenvalue weighted by molar-refractivity contribution is 6.23. The molecule has 1 saturated heterocycles. The number of fused-ring (bicyclic) bond motifs is 1. The van der Waals surface area contributed by atoms with Crippen molar-refractivity contribution in [3.8, 4) is 29.0 Å². The third-order valence-electron chi connectivity index (χ3n) is 10.3. The molecule has 7 rings (SSSR count). The van der Waals surface area contributed by atoms with Gasteiger partial charge in [0.25, 0.3) is 29.5 Å². The second-order valence-electron chi connectivity index (χ2n) is 15.3. The number of ether oxygens (including phenoxy) is 4. The number of carbonyl (C=O) groups is 7. The molecule has 5 aromatic rings. The van der Waals surface area contributed by atoms with Crippen LogP contribution in [0.4, 0.5) is 24.7 Å². The molecule has 2 aliphatic rings. The Kier molecular flexibility index (Phi) is 16.6. The number of anilines is 2. The molecule has 1 fully saturated rings. The van der Waals surface area contributed by atoms with Gasteiger partial charge in [0, 0.05) is 35.9 Å². The normalized spacial score (nSPS) is 14.4. The summed E-state index contributed by atoms with van der Waals surface area (Å²) in [5.41, 5.74) is 6.75. The zero-order chi connectivity index (χ0) is 50.5. The van der Waals surface area contributed by atoms with Gasteiger partial charge >= 0.3 is 6.18 Å². The highest BCUT2D eigenvalue weighted by Gasteiger charge is 2.44. The SMILES string of the molecule is NC(=O)c1nn(-c2ccc(C(=O)NCCOCCOCCOCCOCC#Cc3ccc4c(c3)C(=O)N(C3CCC(=O)NC3=O)C4=O)cc2)cc1NC(=O)c1coc(-c2ccnc(NCC(F)(F)F)c2)n1. The number of aromatic nitrogens is 4. The molecule has 0 spiro atoms. The number of primary amides is 1. The maximum absolute atomic E-state index is 13.1. The van der Waals surface area contributed by atoms with Crippen LogP contribution in [-0.2, 0) is 28.5 Å². The van der Waals surface area contributed by atoms with E-state index in [-0.39, 0.29) is 97.2 Å². The van der Waals surface area contributed by atoms with Crippen molar-refractivity contribution >= 4 is 52.9 Å².